The van der Waals surface area contributed by atoms with Crippen molar-refractivity contribution >= 4 is 23.0 Å². The number of benzene rings is 2. The Labute approximate surface area is 199 Å². The summed E-state index contributed by atoms with van der Waals surface area (Å²) in [5.41, 5.74) is 4.43. The van der Waals surface area contributed by atoms with E-state index in [1.807, 2.05) is 0 Å². The van der Waals surface area contributed by atoms with Crippen molar-refractivity contribution in [3.8, 4) is 17.2 Å². The molecule has 3 aromatic rings. The van der Waals surface area contributed by atoms with E-state index >= 15 is 8.78 Å². The monoisotopic (exact) mass is 483 g/mol. The molecule has 0 radical (unpaired) electrons. The number of aliphatic hydroxyl groups is 1. The van der Waals surface area contributed by atoms with Crippen molar-refractivity contribution in [2.45, 2.75) is 18.4 Å². The number of aliphatic imine (C=N–C) groups is 1. The Morgan fingerprint density at radius 1 is 1.23 bits per heavy atom. The van der Waals surface area contributed by atoms with Gasteiger partial charge in [-0.25, -0.2) is 8.78 Å². The minimum atomic E-state index is -1.66. The van der Waals surface area contributed by atoms with E-state index < -0.39 is 34.8 Å². The van der Waals surface area contributed by atoms with E-state index in [2.05, 4.69) is 9.98 Å². The van der Waals surface area contributed by atoms with Crippen LogP contribution in [-0.4, -0.2) is 48.6 Å². The zero-order valence-electron chi connectivity index (χ0n) is 19.0. The van der Waals surface area contributed by atoms with Crippen LogP contribution in [0.5, 0.6) is 17.2 Å². The Kier molecular flexibility index (Phi) is 6.65. The van der Waals surface area contributed by atoms with E-state index in [-0.39, 0.29) is 30.2 Å². The van der Waals surface area contributed by atoms with E-state index in [0.717, 1.165) is 12.1 Å². The van der Waals surface area contributed by atoms with Crippen LogP contribution in [0.2, 0.25) is 0 Å². The van der Waals surface area contributed by atoms with Crippen LogP contribution in [-0.2, 0) is 14.9 Å². The van der Waals surface area contributed by atoms with Gasteiger partial charge >= 0.3 is 0 Å². The van der Waals surface area contributed by atoms with E-state index in [1.165, 1.54) is 31.7 Å². The molecule has 0 saturated heterocycles. The summed E-state index contributed by atoms with van der Waals surface area (Å²) in [6, 6.07) is 8.36. The summed E-state index contributed by atoms with van der Waals surface area (Å²) in [5, 5.41) is 9.67. The Morgan fingerprint density at radius 3 is 2.63 bits per heavy atom. The minimum absolute atomic E-state index is 0.0504. The van der Waals surface area contributed by atoms with Crippen molar-refractivity contribution in [2.75, 3.05) is 20.3 Å². The Balaban J connectivity index is 1.75. The highest BCUT2D eigenvalue weighted by atomic mass is 19.1. The molecule has 0 aliphatic carbocycles. The molecule has 1 aromatic heterocycles. The number of nitrogens with zero attached hydrogens (tertiary/aromatic N) is 2. The zero-order chi connectivity index (χ0) is 25.2. The smallest absolute Gasteiger partial charge is 0.237 e. The summed E-state index contributed by atoms with van der Waals surface area (Å²) < 4.78 is 47.0. The second-order valence-electron chi connectivity index (χ2n) is 7.96. The first-order valence-corrected chi connectivity index (χ1v) is 10.7. The number of aromatic nitrogens is 1. The second-order valence-corrected chi connectivity index (χ2v) is 7.96. The number of ether oxygens (including phenoxy) is 3. The van der Waals surface area contributed by atoms with Gasteiger partial charge in [0, 0.05) is 17.8 Å². The molecule has 35 heavy (non-hydrogen) atoms. The largest absolute Gasteiger partial charge is 0.499 e. The van der Waals surface area contributed by atoms with Crippen LogP contribution in [0.4, 0.5) is 8.78 Å². The lowest BCUT2D eigenvalue weighted by Gasteiger charge is -2.32. The first kappa shape index (κ1) is 24.1. The third-order valence-electron chi connectivity index (χ3n) is 5.69. The minimum Gasteiger partial charge on any atom is -0.499 e. The summed E-state index contributed by atoms with van der Waals surface area (Å²) >= 11 is 0. The Bertz CT molecular complexity index is 1320. The van der Waals surface area contributed by atoms with Gasteiger partial charge in [0.15, 0.2) is 22.8 Å². The molecule has 3 N–H and O–H groups in total. The van der Waals surface area contributed by atoms with Gasteiger partial charge < -0.3 is 25.1 Å². The summed E-state index contributed by atoms with van der Waals surface area (Å²) in [6.45, 7) is 1.35. The van der Waals surface area contributed by atoms with E-state index in [0.29, 0.717) is 16.7 Å². The lowest BCUT2D eigenvalue weighted by molar-refractivity contribution is -0.123. The molecule has 2 heterocycles. The predicted molar refractivity (Wildman–Crippen MR) is 125 cm³/mol. The molecule has 0 spiro atoms. The average molecular weight is 483 g/mol. The molecule has 8 nitrogen and oxygen atoms in total. The molecule has 4 rings (SSSR count). The van der Waals surface area contributed by atoms with Crippen LogP contribution in [0.25, 0.3) is 10.9 Å². The van der Waals surface area contributed by atoms with Gasteiger partial charge in [-0.3, -0.25) is 14.8 Å². The number of hydrogen-bond donors (Lipinski definition) is 2. The maximum absolute atomic E-state index is 15.2. The number of fused-ring (bicyclic) bond motifs is 1. The van der Waals surface area contributed by atoms with Crippen molar-refractivity contribution in [3.63, 3.8) is 0 Å². The van der Waals surface area contributed by atoms with E-state index in [1.54, 1.807) is 25.1 Å². The fourth-order valence-corrected chi connectivity index (χ4v) is 3.89. The number of amides is 1. The molecule has 0 fully saturated rings. The number of carbonyl (C=O) groups excluding carboxylic acids is 1. The summed E-state index contributed by atoms with van der Waals surface area (Å²) in [4.78, 5) is 20.7. The molecule has 2 unspecified atom stereocenters. The van der Waals surface area contributed by atoms with Gasteiger partial charge in [-0.2, -0.15) is 0 Å². The topological polar surface area (TPSA) is 116 Å². The predicted octanol–water partition coefficient (Wildman–Crippen LogP) is 3.40. The number of hydrogen-bond acceptors (Lipinski definition) is 7. The fourth-order valence-electron chi connectivity index (χ4n) is 3.89. The molecule has 1 aliphatic rings. The number of dihydropyridines is 1. The van der Waals surface area contributed by atoms with Crippen LogP contribution in [0, 0.1) is 11.6 Å². The van der Waals surface area contributed by atoms with Gasteiger partial charge in [0.25, 0.3) is 0 Å². The maximum atomic E-state index is 15.2. The highest BCUT2D eigenvalue weighted by Crippen LogP contribution is 2.40. The standard InChI is InChI=1S/C25H23F2N3O5/c1-14(12-31)34-16-3-4-20-17(11-16)21(5-8-30-20)35-23-18(26)9-15(10-19(23)27)25(24(28)32)13-29-7-6-22(25)33-2/h3-11,14,31H,12-13H2,1-2H3,(H2,28,32). The van der Waals surface area contributed by atoms with Crippen molar-refractivity contribution < 1.29 is 32.9 Å². The second kappa shape index (κ2) is 9.67. The summed E-state index contributed by atoms with van der Waals surface area (Å²) in [7, 11) is 1.33. The lowest BCUT2D eigenvalue weighted by Crippen LogP contribution is -2.47. The number of pyridine rings is 1. The highest BCUT2D eigenvalue weighted by Gasteiger charge is 2.45. The zero-order valence-corrected chi connectivity index (χ0v) is 19.0. The quantitative estimate of drug-likeness (QED) is 0.507. The lowest BCUT2D eigenvalue weighted by atomic mass is 9.76. The molecule has 1 amide bonds. The molecule has 1 aliphatic heterocycles. The summed E-state index contributed by atoms with van der Waals surface area (Å²) in [5.74, 6) is -2.94. The highest BCUT2D eigenvalue weighted by molar-refractivity contribution is 5.93. The number of allylic oxidation sites excluding steroid dienone is 1. The Morgan fingerprint density at radius 2 is 1.97 bits per heavy atom. The number of carbonyl (C=O) groups is 1. The van der Waals surface area contributed by atoms with Crippen LogP contribution >= 0.6 is 0 Å². The fraction of sp³-hybridized carbons (Fsp3) is 0.240. The molecule has 0 bridgehead atoms. The van der Waals surface area contributed by atoms with Crippen LogP contribution in [0.15, 0.2) is 59.4 Å². The van der Waals surface area contributed by atoms with Gasteiger partial charge in [-0.1, -0.05) is 0 Å². The van der Waals surface area contributed by atoms with E-state index in [9.17, 15) is 9.90 Å². The molecule has 182 valence electrons. The van der Waals surface area contributed by atoms with Crippen molar-refractivity contribution in [1.82, 2.24) is 4.98 Å². The van der Waals surface area contributed by atoms with Crippen LogP contribution in [0.1, 0.15) is 12.5 Å². The molecular weight excluding hydrogens is 460 g/mol. The number of nitrogens with two attached hydrogens (primary N) is 1. The Hall–Kier alpha value is -4.05. The van der Waals surface area contributed by atoms with Crippen molar-refractivity contribution in [2.24, 2.45) is 10.7 Å². The van der Waals surface area contributed by atoms with Crippen LogP contribution < -0.4 is 15.2 Å². The SMILES string of the molecule is COC1=CC=NCC1(C(N)=O)c1cc(F)c(Oc2ccnc3ccc(OC(C)CO)cc23)c(F)c1. The number of rotatable bonds is 8. The molecule has 2 aromatic carbocycles. The van der Waals surface area contributed by atoms with Crippen LogP contribution in [0.3, 0.4) is 0 Å². The third kappa shape index (κ3) is 4.40. The summed E-state index contributed by atoms with van der Waals surface area (Å²) in [6.07, 6.45) is 3.84. The van der Waals surface area contributed by atoms with Gasteiger partial charge in [0.2, 0.25) is 5.91 Å². The molecule has 2 atom stereocenters. The van der Waals surface area contributed by atoms with Crippen molar-refractivity contribution in [3.05, 3.63) is 71.6 Å². The van der Waals surface area contributed by atoms with Gasteiger partial charge in [-0.15, -0.1) is 0 Å². The first-order valence-electron chi connectivity index (χ1n) is 10.7. The molecular formula is C25H23F2N3O5. The number of aliphatic hydroxyl groups excluding tert-OH is 1. The molecule has 10 heteroatoms. The number of methoxy groups -OCH3 is 1. The first-order chi connectivity index (χ1) is 16.8. The maximum Gasteiger partial charge on any atom is 0.237 e. The molecule has 0 saturated carbocycles. The van der Waals surface area contributed by atoms with Gasteiger partial charge in [0.05, 0.1) is 25.8 Å². The normalized spacial score (nSPS) is 18.1. The third-order valence-corrected chi connectivity index (χ3v) is 5.69. The van der Waals surface area contributed by atoms with Crippen molar-refractivity contribution in [1.29, 1.82) is 0 Å². The number of primary amides is 1. The van der Waals surface area contributed by atoms with Gasteiger partial charge in [-0.05, 0) is 55.0 Å². The average Bonchev–Trinajstić information content (AvgIpc) is 2.85. The van der Waals surface area contributed by atoms with Gasteiger partial charge in [0.1, 0.15) is 23.4 Å². The number of halogens is 2. The van der Waals surface area contributed by atoms with E-state index in [4.69, 9.17) is 19.9 Å².